The summed E-state index contributed by atoms with van der Waals surface area (Å²) in [6.45, 7) is 7.69. The summed E-state index contributed by atoms with van der Waals surface area (Å²) in [5.74, 6) is 0.745. The van der Waals surface area contributed by atoms with Gasteiger partial charge in [-0.2, -0.15) is 0 Å². The van der Waals surface area contributed by atoms with Gasteiger partial charge in [-0.05, 0) is 50.0 Å². The quantitative estimate of drug-likeness (QED) is 0.880. The van der Waals surface area contributed by atoms with Crippen molar-refractivity contribution in [2.45, 2.75) is 32.1 Å². The molecule has 0 radical (unpaired) electrons. The van der Waals surface area contributed by atoms with Crippen molar-refractivity contribution in [2.75, 3.05) is 25.0 Å². The Morgan fingerprint density at radius 3 is 2.79 bits per heavy atom. The Kier molecular flexibility index (Phi) is 3.09. The van der Waals surface area contributed by atoms with E-state index in [4.69, 9.17) is 0 Å². The number of anilines is 1. The van der Waals surface area contributed by atoms with Gasteiger partial charge in [-0.15, -0.1) is 0 Å². The fourth-order valence-electron chi connectivity index (χ4n) is 3.50. The van der Waals surface area contributed by atoms with E-state index in [9.17, 15) is 4.79 Å². The first-order valence-electron chi connectivity index (χ1n) is 7.35. The SMILES string of the molecule is CCN(CC)CCC1CC12C(=O)Nc1ccccc12. The first kappa shape index (κ1) is 12.7. The molecule has 1 spiro atoms. The molecule has 1 fully saturated rings. The van der Waals surface area contributed by atoms with Crippen molar-refractivity contribution in [2.24, 2.45) is 5.92 Å². The summed E-state index contributed by atoms with van der Waals surface area (Å²) in [6, 6.07) is 8.17. The van der Waals surface area contributed by atoms with Crippen LogP contribution in [-0.2, 0) is 10.2 Å². The van der Waals surface area contributed by atoms with Crippen molar-refractivity contribution < 1.29 is 4.79 Å². The maximum Gasteiger partial charge on any atom is 0.235 e. The maximum absolute atomic E-state index is 12.3. The number of nitrogens with one attached hydrogen (secondary N) is 1. The van der Waals surface area contributed by atoms with Gasteiger partial charge in [-0.3, -0.25) is 4.79 Å². The third-order valence-electron chi connectivity index (χ3n) is 4.85. The van der Waals surface area contributed by atoms with Crippen LogP contribution in [-0.4, -0.2) is 30.4 Å². The molecular formula is C16H22N2O. The minimum atomic E-state index is -0.191. The monoisotopic (exact) mass is 258 g/mol. The van der Waals surface area contributed by atoms with Crippen LogP contribution in [0.25, 0.3) is 0 Å². The molecule has 1 heterocycles. The Balaban J connectivity index is 1.72. The second kappa shape index (κ2) is 4.64. The zero-order valence-electron chi connectivity index (χ0n) is 11.8. The lowest BCUT2D eigenvalue weighted by molar-refractivity contribution is -0.118. The molecule has 1 aliphatic carbocycles. The molecule has 3 heteroatoms. The smallest absolute Gasteiger partial charge is 0.235 e. The summed E-state index contributed by atoms with van der Waals surface area (Å²) in [4.78, 5) is 14.7. The van der Waals surface area contributed by atoms with Crippen molar-refractivity contribution >= 4 is 11.6 Å². The van der Waals surface area contributed by atoms with Crippen LogP contribution in [0.5, 0.6) is 0 Å². The fraction of sp³-hybridized carbons (Fsp3) is 0.562. The van der Waals surface area contributed by atoms with E-state index in [0.717, 1.165) is 38.2 Å². The Bertz CT molecular complexity index is 495. The Labute approximate surface area is 115 Å². The standard InChI is InChI=1S/C16H22N2O/c1-3-18(4-2)10-9-12-11-16(12)13-7-5-6-8-14(13)17-15(16)19/h5-8,12H,3-4,9-11H2,1-2H3,(H,17,19). The topological polar surface area (TPSA) is 32.3 Å². The van der Waals surface area contributed by atoms with Crippen LogP contribution in [0.4, 0.5) is 5.69 Å². The number of carbonyl (C=O) groups excluding carboxylic acids is 1. The zero-order chi connectivity index (χ0) is 13.5. The van der Waals surface area contributed by atoms with Gasteiger partial charge in [-0.1, -0.05) is 32.0 Å². The van der Waals surface area contributed by atoms with Gasteiger partial charge in [0, 0.05) is 5.69 Å². The first-order chi connectivity index (χ1) is 9.22. The maximum atomic E-state index is 12.3. The Morgan fingerprint density at radius 2 is 2.05 bits per heavy atom. The number of fused-ring (bicyclic) bond motifs is 2. The summed E-state index contributed by atoms with van der Waals surface area (Å²) in [7, 11) is 0. The van der Waals surface area contributed by atoms with Crippen molar-refractivity contribution in [1.82, 2.24) is 4.90 Å². The third kappa shape index (κ3) is 1.88. The zero-order valence-corrected chi connectivity index (χ0v) is 11.8. The number of para-hydroxylation sites is 1. The number of benzene rings is 1. The normalized spacial score (nSPS) is 27.7. The van der Waals surface area contributed by atoms with Crippen LogP contribution in [0.3, 0.4) is 0 Å². The number of rotatable bonds is 5. The molecule has 19 heavy (non-hydrogen) atoms. The summed E-state index contributed by atoms with van der Waals surface area (Å²) < 4.78 is 0. The van der Waals surface area contributed by atoms with Crippen LogP contribution in [0, 0.1) is 5.92 Å². The van der Waals surface area contributed by atoms with E-state index in [1.807, 2.05) is 18.2 Å². The van der Waals surface area contributed by atoms with E-state index >= 15 is 0 Å². The van der Waals surface area contributed by atoms with Crippen molar-refractivity contribution in [3.8, 4) is 0 Å². The molecule has 3 rings (SSSR count). The summed E-state index contributed by atoms with van der Waals surface area (Å²) in [5.41, 5.74) is 2.06. The molecule has 2 aliphatic rings. The van der Waals surface area contributed by atoms with Crippen molar-refractivity contribution in [1.29, 1.82) is 0 Å². The second-order valence-corrected chi connectivity index (χ2v) is 5.69. The summed E-state index contributed by atoms with van der Waals surface area (Å²) in [6.07, 6.45) is 2.15. The van der Waals surface area contributed by atoms with Gasteiger partial charge in [0.2, 0.25) is 5.91 Å². The van der Waals surface area contributed by atoms with E-state index in [-0.39, 0.29) is 11.3 Å². The second-order valence-electron chi connectivity index (χ2n) is 5.69. The molecule has 1 aromatic rings. The van der Waals surface area contributed by atoms with E-state index in [2.05, 4.69) is 30.1 Å². The lowest BCUT2D eigenvalue weighted by Crippen LogP contribution is -2.26. The van der Waals surface area contributed by atoms with E-state index in [1.54, 1.807) is 0 Å². The molecule has 0 bridgehead atoms. The molecule has 1 amide bonds. The minimum Gasteiger partial charge on any atom is -0.325 e. The molecular weight excluding hydrogens is 236 g/mol. The molecule has 3 nitrogen and oxygen atoms in total. The third-order valence-corrected chi connectivity index (χ3v) is 4.85. The van der Waals surface area contributed by atoms with Crippen molar-refractivity contribution in [3.05, 3.63) is 29.8 Å². The van der Waals surface area contributed by atoms with Crippen molar-refractivity contribution in [3.63, 3.8) is 0 Å². The van der Waals surface area contributed by atoms with E-state index in [0.29, 0.717) is 5.92 Å². The Morgan fingerprint density at radius 1 is 1.32 bits per heavy atom. The summed E-state index contributed by atoms with van der Waals surface area (Å²) >= 11 is 0. The highest BCUT2D eigenvalue weighted by Crippen LogP contribution is 2.61. The predicted molar refractivity (Wildman–Crippen MR) is 77.3 cm³/mol. The fourth-order valence-corrected chi connectivity index (χ4v) is 3.50. The van der Waals surface area contributed by atoms with Gasteiger partial charge >= 0.3 is 0 Å². The number of carbonyl (C=O) groups is 1. The number of hydrogen-bond acceptors (Lipinski definition) is 2. The lowest BCUT2D eigenvalue weighted by atomic mass is 9.94. The van der Waals surface area contributed by atoms with Gasteiger partial charge in [-0.25, -0.2) is 0 Å². The molecule has 102 valence electrons. The minimum absolute atomic E-state index is 0.191. The van der Waals surface area contributed by atoms with E-state index < -0.39 is 0 Å². The molecule has 1 saturated carbocycles. The average Bonchev–Trinajstić information content (AvgIpc) is 3.08. The van der Waals surface area contributed by atoms with Crippen LogP contribution in [0.1, 0.15) is 32.3 Å². The lowest BCUT2D eigenvalue weighted by Gasteiger charge is -2.18. The molecule has 2 atom stereocenters. The first-order valence-corrected chi connectivity index (χ1v) is 7.35. The number of amides is 1. The Hall–Kier alpha value is -1.35. The van der Waals surface area contributed by atoms with Gasteiger partial charge in [0.25, 0.3) is 0 Å². The molecule has 0 aromatic heterocycles. The van der Waals surface area contributed by atoms with Crippen LogP contribution in [0.2, 0.25) is 0 Å². The van der Waals surface area contributed by atoms with E-state index in [1.165, 1.54) is 5.56 Å². The number of nitrogens with zero attached hydrogens (tertiary/aromatic N) is 1. The van der Waals surface area contributed by atoms with Crippen LogP contribution < -0.4 is 5.32 Å². The molecule has 1 aromatic carbocycles. The van der Waals surface area contributed by atoms with Gasteiger partial charge in [0.05, 0.1) is 5.41 Å². The highest BCUT2D eigenvalue weighted by Gasteiger charge is 2.63. The van der Waals surface area contributed by atoms with Gasteiger partial charge < -0.3 is 10.2 Å². The van der Waals surface area contributed by atoms with Gasteiger partial charge in [0.15, 0.2) is 0 Å². The largest absolute Gasteiger partial charge is 0.325 e. The molecule has 0 saturated heterocycles. The van der Waals surface area contributed by atoms with Gasteiger partial charge in [0.1, 0.15) is 0 Å². The number of hydrogen-bond donors (Lipinski definition) is 1. The molecule has 1 N–H and O–H groups in total. The highest BCUT2D eigenvalue weighted by atomic mass is 16.2. The average molecular weight is 258 g/mol. The molecule has 2 unspecified atom stereocenters. The summed E-state index contributed by atoms with van der Waals surface area (Å²) in [5, 5.41) is 3.04. The predicted octanol–water partition coefficient (Wildman–Crippen LogP) is 2.63. The van der Waals surface area contributed by atoms with Crippen LogP contribution >= 0.6 is 0 Å². The highest BCUT2D eigenvalue weighted by molar-refractivity contribution is 6.08. The van der Waals surface area contributed by atoms with Crippen LogP contribution in [0.15, 0.2) is 24.3 Å². The molecule has 1 aliphatic heterocycles.